The lowest BCUT2D eigenvalue weighted by Crippen LogP contribution is -2.39. The number of piperidine rings is 1. The Kier molecular flexibility index (Phi) is 4.44. The Morgan fingerprint density at radius 1 is 1.38 bits per heavy atom. The summed E-state index contributed by atoms with van der Waals surface area (Å²) in [6, 6.07) is 6.18. The second kappa shape index (κ2) is 6.90. The topological polar surface area (TPSA) is 79.7 Å². The largest absolute Gasteiger partial charge is 0.342 e. The maximum atomic E-state index is 12.6. The Bertz CT molecular complexity index is 927. The molecule has 7 heteroatoms. The maximum Gasteiger partial charge on any atom is 0.223 e. The number of imidazole rings is 1. The van der Waals surface area contributed by atoms with Gasteiger partial charge in [-0.2, -0.15) is 0 Å². The molecule has 1 amide bonds. The van der Waals surface area contributed by atoms with Crippen molar-refractivity contribution in [1.82, 2.24) is 29.6 Å². The van der Waals surface area contributed by atoms with Gasteiger partial charge in [-0.05, 0) is 31.4 Å². The van der Waals surface area contributed by atoms with Gasteiger partial charge in [-0.3, -0.25) is 4.79 Å². The molecule has 2 aromatic heterocycles. The lowest BCUT2D eigenvalue weighted by Gasteiger charge is -2.32. The van der Waals surface area contributed by atoms with Crippen molar-refractivity contribution in [2.75, 3.05) is 13.1 Å². The number of aryl methyl sites for hydroxylation is 3. The van der Waals surface area contributed by atoms with E-state index in [1.165, 1.54) is 5.56 Å². The number of nitrogens with one attached hydrogen (secondary N) is 1. The van der Waals surface area contributed by atoms with Crippen LogP contribution in [0.15, 0.2) is 24.5 Å². The normalized spacial score (nSPS) is 17.8. The molecule has 1 atom stereocenters. The predicted octanol–water partition coefficient (Wildman–Crippen LogP) is 2.34. The number of carbonyl (C=O) groups excluding carboxylic acids is 1. The summed E-state index contributed by atoms with van der Waals surface area (Å²) in [7, 11) is 1.90. The van der Waals surface area contributed by atoms with E-state index < -0.39 is 0 Å². The van der Waals surface area contributed by atoms with Gasteiger partial charge in [-0.15, -0.1) is 10.2 Å². The van der Waals surface area contributed by atoms with E-state index in [1.54, 1.807) is 6.33 Å². The van der Waals surface area contributed by atoms with E-state index in [9.17, 15) is 4.79 Å². The number of para-hydroxylation sites is 1. The van der Waals surface area contributed by atoms with Crippen LogP contribution in [0.2, 0.25) is 0 Å². The molecule has 7 nitrogen and oxygen atoms in total. The number of amides is 1. The van der Waals surface area contributed by atoms with E-state index in [0.29, 0.717) is 12.8 Å². The Hall–Kier alpha value is -2.70. The van der Waals surface area contributed by atoms with Crippen molar-refractivity contribution in [3.8, 4) is 0 Å². The number of likely N-dealkylation sites (tertiary alicyclic amines) is 1. The summed E-state index contributed by atoms with van der Waals surface area (Å²) in [6.07, 6.45) is 4.83. The average Bonchev–Trinajstić information content (AvgIpc) is 3.27. The minimum absolute atomic E-state index is 0.185. The van der Waals surface area contributed by atoms with Crippen LogP contribution in [0, 0.1) is 6.92 Å². The first-order valence-electron chi connectivity index (χ1n) is 9.17. The number of carbonyl (C=O) groups is 1. The van der Waals surface area contributed by atoms with Crippen molar-refractivity contribution in [2.24, 2.45) is 7.05 Å². The first-order valence-corrected chi connectivity index (χ1v) is 9.17. The van der Waals surface area contributed by atoms with Crippen LogP contribution in [-0.4, -0.2) is 48.6 Å². The summed E-state index contributed by atoms with van der Waals surface area (Å²) in [5, 5.41) is 7.92. The summed E-state index contributed by atoms with van der Waals surface area (Å²) in [5.74, 6) is 2.30. The SMILES string of the molecule is Cc1cccc2[nH]c([C@H]3CCCN(C(=O)CCc4nncn4C)C3)nc12. The second-order valence-electron chi connectivity index (χ2n) is 7.13. The van der Waals surface area contributed by atoms with Crippen LogP contribution in [0.25, 0.3) is 11.0 Å². The third-order valence-corrected chi connectivity index (χ3v) is 5.26. The summed E-state index contributed by atoms with van der Waals surface area (Å²) in [5.41, 5.74) is 3.29. The van der Waals surface area contributed by atoms with Crippen molar-refractivity contribution in [1.29, 1.82) is 0 Å². The van der Waals surface area contributed by atoms with Gasteiger partial charge in [0.15, 0.2) is 0 Å². The van der Waals surface area contributed by atoms with Crippen LogP contribution < -0.4 is 0 Å². The molecule has 0 saturated carbocycles. The Labute approximate surface area is 152 Å². The quantitative estimate of drug-likeness (QED) is 0.781. The van der Waals surface area contributed by atoms with Gasteiger partial charge in [0.25, 0.3) is 0 Å². The fourth-order valence-corrected chi connectivity index (χ4v) is 3.73. The predicted molar refractivity (Wildman–Crippen MR) is 98.7 cm³/mol. The number of fused-ring (bicyclic) bond motifs is 1. The first-order chi connectivity index (χ1) is 12.6. The molecule has 0 unspecified atom stereocenters. The summed E-state index contributed by atoms with van der Waals surface area (Å²) in [6.45, 7) is 3.64. The van der Waals surface area contributed by atoms with Crippen LogP contribution in [0.5, 0.6) is 0 Å². The first kappa shape index (κ1) is 16.8. The van der Waals surface area contributed by atoms with Crippen molar-refractivity contribution in [2.45, 2.75) is 38.5 Å². The van der Waals surface area contributed by atoms with Crippen molar-refractivity contribution in [3.05, 3.63) is 41.7 Å². The number of nitrogens with zero attached hydrogens (tertiary/aromatic N) is 5. The molecule has 1 aromatic carbocycles. The molecule has 0 radical (unpaired) electrons. The van der Waals surface area contributed by atoms with Crippen molar-refractivity contribution < 1.29 is 4.79 Å². The van der Waals surface area contributed by atoms with E-state index in [2.05, 4.69) is 34.2 Å². The van der Waals surface area contributed by atoms with Gasteiger partial charge in [0, 0.05) is 38.9 Å². The highest BCUT2D eigenvalue weighted by Gasteiger charge is 2.27. The summed E-state index contributed by atoms with van der Waals surface area (Å²) >= 11 is 0. The van der Waals surface area contributed by atoms with E-state index in [4.69, 9.17) is 4.98 Å². The van der Waals surface area contributed by atoms with Gasteiger partial charge in [0.2, 0.25) is 5.91 Å². The van der Waals surface area contributed by atoms with Gasteiger partial charge in [0.1, 0.15) is 18.0 Å². The number of aromatic amines is 1. The van der Waals surface area contributed by atoms with Crippen molar-refractivity contribution >= 4 is 16.9 Å². The Morgan fingerprint density at radius 3 is 3.04 bits per heavy atom. The number of rotatable bonds is 4. The van der Waals surface area contributed by atoms with Gasteiger partial charge in [0.05, 0.1) is 11.0 Å². The molecule has 1 saturated heterocycles. The van der Waals surface area contributed by atoms with Crippen molar-refractivity contribution in [3.63, 3.8) is 0 Å². The Balaban J connectivity index is 1.44. The molecular formula is C19H24N6O. The van der Waals surface area contributed by atoms with Crippen LogP contribution >= 0.6 is 0 Å². The molecule has 3 aromatic rings. The minimum atomic E-state index is 0.185. The molecule has 0 bridgehead atoms. The zero-order valence-corrected chi connectivity index (χ0v) is 15.3. The summed E-state index contributed by atoms with van der Waals surface area (Å²) in [4.78, 5) is 22.9. The molecule has 1 aliphatic rings. The minimum Gasteiger partial charge on any atom is -0.342 e. The average molecular weight is 352 g/mol. The monoisotopic (exact) mass is 352 g/mol. The molecule has 1 N–H and O–H groups in total. The molecule has 1 aliphatic heterocycles. The second-order valence-corrected chi connectivity index (χ2v) is 7.13. The van der Waals surface area contributed by atoms with Crippen LogP contribution in [0.1, 0.15) is 42.4 Å². The molecule has 26 heavy (non-hydrogen) atoms. The number of aromatic nitrogens is 5. The van der Waals surface area contributed by atoms with E-state index in [0.717, 1.165) is 48.6 Å². The molecule has 0 aliphatic carbocycles. The molecule has 4 rings (SSSR count). The highest BCUT2D eigenvalue weighted by atomic mass is 16.2. The molecule has 1 fully saturated rings. The number of H-pyrrole nitrogens is 1. The van der Waals surface area contributed by atoms with Crippen LogP contribution in [-0.2, 0) is 18.3 Å². The Morgan fingerprint density at radius 2 is 2.27 bits per heavy atom. The zero-order chi connectivity index (χ0) is 18.1. The molecule has 0 spiro atoms. The highest BCUT2D eigenvalue weighted by molar-refractivity contribution is 5.79. The lowest BCUT2D eigenvalue weighted by atomic mass is 9.97. The van der Waals surface area contributed by atoms with Crippen LogP contribution in [0.4, 0.5) is 0 Å². The number of hydrogen-bond donors (Lipinski definition) is 1. The smallest absolute Gasteiger partial charge is 0.223 e. The van der Waals surface area contributed by atoms with E-state index in [-0.39, 0.29) is 11.8 Å². The fraction of sp³-hybridized carbons (Fsp3) is 0.474. The molecule has 136 valence electrons. The third-order valence-electron chi connectivity index (χ3n) is 5.26. The standard InChI is InChI=1S/C19H24N6O/c1-13-5-3-7-15-18(13)22-19(21-15)14-6-4-10-25(11-14)17(26)9-8-16-23-20-12-24(16)2/h3,5,7,12,14H,4,6,8-11H2,1-2H3,(H,21,22)/t14-/m0/s1. The van der Waals surface area contributed by atoms with Gasteiger partial charge >= 0.3 is 0 Å². The molecule has 3 heterocycles. The lowest BCUT2D eigenvalue weighted by molar-refractivity contribution is -0.132. The van der Waals surface area contributed by atoms with E-state index in [1.807, 2.05) is 22.6 Å². The van der Waals surface area contributed by atoms with E-state index >= 15 is 0 Å². The maximum absolute atomic E-state index is 12.6. The number of hydrogen-bond acceptors (Lipinski definition) is 4. The fourth-order valence-electron chi connectivity index (χ4n) is 3.73. The van der Waals surface area contributed by atoms with Crippen LogP contribution in [0.3, 0.4) is 0 Å². The number of benzene rings is 1. The summed E-state index contributed by atoms with van der Waals surface area (Å²) < 4.78 is 1.86. The zero-order valence-electron chi connectivity index (χ0n) is 15.3. The molecular weight excluding hydrogens is 328 g/mol. The van der Waals surface area contributed by atoms with Gasteiger partial charge < -0.3 is 14.5 Å². The van der Waals surface area contributed by atoms with Gasteiger partial charge in [-0.25, -0.2) is 4.98 Å². The third kappa shape index (κ3) is 3.21. The van der Waals surface area contributed by atoms with Gasteiger partial charge in [-0.1, -0.05) is 12.1 Å². The highest BCUT2D eigenvalue weighted by Crippen LogP contribution is 2.28.